The van der Waals surface area contributed by atoms with Crippen LogP contribution in [0, 0.1) is 39.9 Å². The maximum atomic E-state index is 12.6. The minimum Gasteiger partial charge on any atom is -0.354 e. The number of nitrogens with zero attached hydrogens (tertiary/aromatic N) is 1. The van der Waals surface area contributed by atoms with Crippen LogP contribution in [0.4, 0.5) is 0 Å². The Hall–Kier alpha value is -1.04. The molecular formula is C18H26N2O. The molecule has 3 nitrogen and oxygen atoms in total. The Labute approximate surface area is 127 Å². The van der Waals surface area contributed by atoms with Crippen LogP contribution in [-0.4, -0.2) is 12.5 Å². The first-order valence-corrected chi connectivity index (χ1v) is 8.83. The molecule has 0 spiro atoms. The van der Waals surface area contributed by atoms with Crippen molar-refractivity contribution in [3.8, 4) is 6.07 Å². The van der Waals surface area contributed by atoms with Crippen LogP contribution >= 0.6 is 0 Å². The average molecular weight is 286 g/mol. The topological polar surface area (TPSA) is 52.9 Å². The molecule has 0 unspecified atom stereocenters. The molecule has 21 heavy (non-hydrogen) atoms. The third kappa shape index (κ3) is 2.18. The molecule has 1 N–H and O–H groups in total. The van der Waals surface area contributed by atoms with Crippen molar-refractivity contribution in [1.29, 1.82) is 5.26 Å². The van der Waals surface area contributed by atoms with Gasteiger partial charge in [0.05, 0.1) is 6.07 Å². The normalized spacial score (nSPS) is 42.7. The number of hydrogen-bond donors (Lipinski definition) is 1. The number of rotatable bonds is 3. The molecule has 0 atom stereocenters. The van der Waals surface area contributed by atoms with Gasteiger partial charge in [-0.25, -0.2) is 0 Å². The van der Waals surface area contributed by atoms with Gasteiger partial charge < -0.3 is 5.32 Å². The van der Waals surface area contributed by atoms with E-state index in [-0.39, 0.29) is 5.91 Å². The average Bonchev–Trinajstić information content (AvgIpc) is 2.93. The van der Waals surface area contributed by atoms with Gasteiger partial charge in [0.15, 0.2) is 0 Å². The third-order valence-corrected chi connectivity index (χ3v) is 6.89. The summed E-state index contributed by atoms with van der Waals surface area (Å²) < 4.78 is 0. The van der Waals surface area contributed by atoms with Gasteiger partial charge in [-0.05, 0) is 74.5 Å². The van der Waals surface area contributed by atoms with Crippen molar-refractivity contribution in [2.45, 2.75) is 64.2 Å². The summed E-state index contributed by atoms with van der Waals surface area (Å²) >= 11 is 0. The van der Waals surface area contributed by atoms with Crippen molar-refractivity contribution in [3.05, 3.63) is 0 Å². The zero-order valence-electron chi connectivity index (χ0n) is 12.9. The van der Waals surface area contributed by atoms with Crippen LogP contribution in [0.5, 0.6) is 0 Å². The number of amides is 1. The molecule has 5 saturated carbocycles. The first-order valence-electron chi connectivity index (χ1n) is 8.83. The zero-order valence-corrected chi connectivity index (χ0v) is 12.9. The second-order valence-corrected chi connectivity index (χ2v) is 8.50. The highest BCUT2D eigenvalue weighted by atomic mass is 16.2. The number of hydrogen-bond acceptors (Lipinski definition) is 2. The molecule has 0 radical (unpaired) electrons. The van der Waals surface area contributed by atoms with Crippen LogP contribution in [0.1, 0.15) is 64.2 Å². The van der Waals surface area contributed by atoms with E-state index in [2.05, 4.69) is 11.4 Å². The fourth-order valence-electron chi connectivity index (χ4n) is 6.31. The molecule has 5 aliphatic rings. The molecule has 0 heterocycles. The second kappa shape index (κ2) is 4.73. The van der Waals surface area contributed by atoms with Gasteiger partial charge in [0.2, 0.25) is 5.91 Å². The lowest BCUT2D eigenvalue weighted by Gasteiger charge is -2.57. The molecule has 0 aliphatic heterocycles. The summed E-state index contributed by atoms with van der Waals surface area (Å²) in [6, 6.07) is 2.32. The van der Waals surface area contributed by atoms with E-state index >= 15 is 0 Å². The Balaban J connectivity index is 1.43. The summed E-state index contributed by atoms with van der Waals surface area (Å²) in [6.45, 7) is 0.832. The second-order valence-electron chi connectivity index (χ2n) is 8.50. The fourth-order valence-corrected chi connectivity index (χ4v) is 6.31. The Morgan fingerprint density at radius 2 is 1.57 bits per heavy atom. The van der Waals surface area contributed by atoms with E-state index in [9.17, 15) is 10.1 Å². The predicted molar refractivity (Wildman–Crippen MR) is 80.1 cm³/mol. The predicted octanol–water partition coefficient (Wildman–Crippen LogP) is 3.40. The molecule has 0 saturated heterocycles. The highest BCUT2D eigenvalue weighted by Crippen LogP contribution is 2.59. The fraction of sp³-hybridized carbons (Fsp3) is 0.889. The molecule has 5 aliphatic carbocycles. The van der Waals surface area contributed by atoms with E-state index in [1.165, 1.54) is 38.5 Å². The summed E-state index contributed by atoms with van der Waals surface area (Å²) in [5, 5.41) is 12.6. The molecule has 0 aromatic carbocycles. The lowest BCUT2D eigenvalue weighted by Crippen LogP contribution is -2.52. The van der Waals surface area contributed by atoms with Crippen LogP contribution < -0.4 is 5.32 Å². The Morgan fingerprint density at radius 1 is 1.05 bits per heavy atom. The Morgan fingerprint density at radius 3 is 2.05 bits per heavy atom. The SMILES string of the molecule is N#CC1(C(=O)NCC23CC4CC(CC(C4)C2)C3)CCCC1. The molecule has 0 aromatic rings. The summed E-state index contributed by atoms with van der Waals surface area (Å²) in [5.41, 5.74) is -0.331. The molecule has 5 fully saturated rings. The largest absolute Gasteiger partial charge is 0.354 e. The van der Waals surface area contributed by atoms with Crippen molar-refractivity contribution in [2.75, 3.05) is 6.54 Å². The molecule has 0 aromatic heterocycles. The van der Waals surface area contributed by atoms with Crippen molar-refractivity contribution < 1.29 is 4.79 Å². The van der Waals surface area contributed by atoms with E-state index in [4.69, 9.17) is 0 Å². The minimum absolute atomic E-state index is 0.0262. The van der Waals surface area contributed by atoms with Crippen molar-refractivity contribution in [2.24, 2.45) is 28.6 Å². The molecule has 114 valence electrons. The van der Waals surface area contributed by atoms with Gasteiger partial charge in [0.1, 0.15) is 5.41 Å². The quantitative estimate of drug-likeness (QED) is 0.864. The van der Waals surface area contributed by atoms with Crippen LogP contribution in [0.25, 0.3) is 0 Å². The summed E-state index contributed by atoms with van der Waals surface area (Å²) in [7, 11) is 0. The lowest BCUT2D eigenvalue weighted by atomic mass is 9.49. The minimum atomic E-state index is -0.706. The van der Waals surface area contributed by atoms with Gasteiger partial charge in [-0.15, -0.1) is 0 Å². The van der Waals surface area contributed by atoms with Crippen LogP contribution in [-0.2, 0) is 4.79 Å². The molecular weight excluding hydrogens is 260 g/mol. The van der Waals surface area contributed by atoms with E-state index < -0.39 is 5.41 Å². The van der Waals surface area contributed by atoms with E-state index in [0.717, 1.165) is 50.0 Å². The van der Waals surface area contributed by atoms with Gasteiger partial charge in [-0.2, -0.15) is 5.26 Å². The summed E-state index contributed by atoms with van der Waals surface area (Å²) in [6.07, 6.45) is 11.8. The molecule has 4 bridgehead atoms. The highest BCUT2D eigenvalue weighted by Gasteiger charge is 2.51. The van der Waals surface area contributed by atoms with Crippen LogP contribution in [0.2, 0.25) is 0 Å². The van der Waals surface area contributed by atoms with E-state index in [0.29, 0.717) is 5.41 Å². The van der Waals surface area contributed by atoms with Crippen LogP contribution in [0.15, 0.2) is 0 Å². The Kier molecular flexibility index (Phi) is 3.07. The first kappa shape index (κ1) is 13.6. The summed E-state index contributed by atoms with van der Waals surface area (Å²) in [4.78, 5) is 12.6. The standard InChI is InChI=1S/C18H26N2O/c19-11-18(3-1-2-4-18)16(21)20-12-17-8-13-5-14(9-17)7-15(6-13)10-17/h13-15H,1-10,12H2,(H,20,21). The number of carbonyl (C=O) groups excluding carboxylic acids is 1. The molecule has 5 rings (SSSR count). The maximum Gasteiger partial charge on any atom is 0.240 e. The smallest absolute Gasteiger partial charge is 0.240 e. The number of nitriles is 1. The van der Waals surface area contributed by atoms with Gasteiger partial charge in [0.25, 0.3) is 0 Å². The summed E-state index contributed by atoms with van der Waals surface area (Å²) in [5.74, 6) is 2.79. The van der Waals surface area contributed by atoms with E-state index in [1.807, 2.05) is 0 Å². The Bertz CT molecular complexity index is 449. The zero-order chi connectivity index (χ0) is 14.5. The van der Waals surface area contributed by atoms with Gasteiger partial charge in [-0.3, -0.25) is 4.79 Å². The van der Waals surface area contributed by atoms with E-state index in [1.54, 1.807) is 0 Å². The van der Waals surface area contributed by atoms with Crippen LogP contribution in [0.3, 0.4) is 0 Å². The third-order valence-electron chi connectivity index (χ3n) is 6.89. The monoisotopic (exact) mass is 286 g/mol. The van der Waals surface area contributed by atoms with Crippen molar-refractivity contribution in [3.63, 3.8) is 0 Å². The number of carbonyl (C=O) groups is 1. The van der Waals surface area contributed by atoms with Crippen molar-refractivity contribution >= 4 is 5.91 Å². The van der Waals surface area contributed by atoms with Gasteiger partial charge in [-0.1, -0.05) is 12.8 Å². The number of nitrogens with one attached hydrogen (secondary N) is 1. The first-order chi connectivity index (χ1) is 10.1. The highest BCUT2D eigenvalue weighted by molar-refractivity contribution is 5.85. The van der Waals surface area contributed by atoms with Gasteiger partial charge >= 0.3 is 0 Å². The lowest BCUT2D eigenvalue weighted by molar-refractivity contribution is -0.130. The maximum absolute atomic E-state index is 12.6. The molecule has 3 heteroatoms. The molecule has 1 amide bonds. The van der Waals surface area contributed by atoms with Gasteiger partial charge in [0, 0.05) is 6.54 Å². The van der Waals surface area contributed by atoms with Crippen molar-refractivity contribution in [1.82, 2.24) is 5.32 Å².